The van der Waals surface area contributed by atoms with E-state index in [0.29, 0.717) is 5.56 Å². The molecule has 0 radical (unpaired) electrons. The fourth-order valence-electron chi connectivity index (χ4n) is 2.29. The summed E-state index contributed by atoms with van der Waals surface area (Å²) < 4.78 is 13.5. The number of carbonyl (C=O) groups excluding carboxylic acids is 1. The zero-order chi connectivity index (χ0) is 13.9. The number of anilines is 2. The van der Waals surface area contributed by atoms with Crippen LogP contribution in [-0.2, 0) is 6.42 Å². The molecule has 5 heteroatoms. The van der Waals surface area contributed by atoms with Crippen molar-refractivity contribution in [3.8, 4) is 0 Å². The van der Waals surface area contributed by atoms with Gasteiger partial charge in [0.25, 0.3) is 5.91 Å². The molecule has 0 spiro atoms. The van der Waals surface area contributed by atoms with Crippen LogP contribution in [0.15, 0.2) is 36.7 Å². The number of halogens is 1. The van der Waals surface area contributed by atoms with E-state index in [2.05, 4.69) is 15.6 Å². The molecule has 3 rings (SSSR count). The van der Waals surface area contributed by atoms with Crippen LogP contribution >= 0.6 is 0 Å². The van der Waals surface area contributed by atoms with Gasteiger partial charge in [-0.3, -0.25) is 9.78 Å². The topological polar surface area (TPSA) is 54.0 Å². The third kappa shape index (κ3) is 2.47. The van der Waals surface area contributed by atoms with Crippen LogP contribution in [0.5, 0.6) is 0 Å². The van der Waals surface area contributed by atoms with Gasteiger partial charge >= 0.3 is 0 Å². The first-order valence-electron chi connectivity index (χ1n) is 6.52. The Hall–Kier alpha value is -2.43. The highest BCUT2D eigenvalue weighted by Crippen LogP contribution is 2.23. The molecule has 0 unspecified atom stereocenters. The Morgan fingerprint density at radius 3 is 3.10 bits per heavy atom. The molecule has 1 amide bonds. The van der Waals surface area contributed by atoms with Crippen molar-refractivity contribution in [1.29, 1.82) is 0 Å². The van der Waals surface area contributed by atoms with Crippen LogP contribution in [0.1, 0.15) is 22.3 Å². The zero-order valence-corrected chi connectivity index (χ0v) is 10.8. The van der Waals surface area contributed by atoms with E-state index in [1.165, 1.54) is 12.3 Å². The lowest BCUT2D eigenvalue weighted by Gasteiger charge is -2.18. The number of amides is 1. The summed E-state index contributed by atoms with van der Waals surface area (Å²) in [7, 11) is 0. The zero-order valence-electron chi connectivity index (χ0n) is 10.8. The number of nitrogens with zero attached hydrogens (tertiary/aromatic N) is 1. The van der Waals surface area contributed by atoms with E-state index in [0.717, 1.165) is 36.8 Å². The second kappa shape index (κ2) is 5.28. The Labute approximate surface area is 116 Å². The molecule has 2 aromatic rings. The largest absolute Gasteiger partial charge is 0.385 e. The van der Waals surface area contributed by atoms with Crippen molar-refractivity contribution >= 4 is 17.3 Å². The van der Waals surface area contributed by atoms with E-state index in [1.54, 1.807) is 6.07 Å². The van der Waals surface area contributed by atoms with E-state index < -0.39 is 5.82 Å². The van der Waals surface area contributed by atoms with Crippen LogP contribution in [0, 0.1) is 5.82 Å². The van der Waals surface area contributed by atoms with Crippen LogP contribution in [0.2, 0.25) is 0 Å². The summed E-state index contributed by atoms with van der Waals surface area (Å²) in [5, 5.41) is 5.85. The fraction of sp³-hybridized carbons (Fsp3) is 0.200. The van der Waals surface area contributed by atoms with Crippen molar-refractivity contribution in [3.05, 3.63) is 53.6 Å². The first-order chi connectivity index (χ1) is 9.74. The first-order valence-corrected chi connectivity index (χ1v) is 6.52. The highest BCUT2D eigenvalue weighted by Gasteiger charge is 2.13. The van der Waals surface area contributed by atoms with Gasteiger partial charge in [0, 0.05) is 24.0 Å². The molecule has 0 bridgehead atoms. The normalized spacial score (nSPS) is 13.2. The number of rotatable bonds is 2. The maximum Gasteiger partial charge on any atom is 0.255 e. The number of fused-ring (bicyclic) bond motifs is 1. The minimum atomic E-state index is -0.541. The lowest BCUT2D eigenvalue weighted by atomic mass is 10.0. The third-order valence-electron chi connectivity index (χ3n) is 3.33. The maximum atomic E-state index is 13.5. The molecule has 0 saturated carbocycles. The molecule has 1 aromatic heterocycles. The second-order valence-corrected chi connectivity index (χ2v) is 4.71. The van der Waals surface area contributed by atoms with E-state index in [1.807, 2.05) is 12.1 Å². The lowest BCUT2D eigenvalue weighted by molar-refractivity contribution is 0.102. The minimum Gasteiger partial charge on any atom is -0.385 e. The number of aromatic nitrogens is 1. The molecule has 1 aromatic carbocycles. The average Bonchev–Trinajstić information content (AvgIpc) is 2.49. The monoisotopic (exact) mass is 271 g/mol. The van der Waals surface area contributed by atoms with Gasteiger partial charge in [-0.05, 0) is 42.7 Å². The molecule has 1 aliphatic rings. The van der Waals surface area contributed by atoms with Crippen molar-refractivity contribution in [1.82, 2.24) is 4.98 Å². The van der Waals surface area contributed by atoms with Crippen molar-refractivity contribution < 1.29 is 9.18 Å². The Bertz CT molecular complexity index is 657. The number of pyridine rings is 1. The van der Waals surface area contributed by atoms with Crippen molar-refractivity contribution in [3.63, 3.8) is 0 Å². The van der Waals surface area contributed by atoms with Gasteiger partial charge in [-0.2, -0.15) is 0 Å². The van der Waals surface area contributed by atoms with Crippen molar-refractivity contribution in [2.24, 2.45) is 0 Å². The smallest absolute Gasteiger partial charge is 0.255 e. The Morgan fingerprint density at radius 1 is 1.35 bits per heavy atom. The number of aryl methyl sites for hydroxylation is 1. The minimum absolute atomic E-state index is 0.140. The molecule has 0 saturated heterocycles. The van der Waals surface area contributed by atoms with E-state index in [-0.39, 0.29) is 11.6 Å². The number of hydrogen-bond donors (Lipinski definition) is 2. The van der Waals surface area contributed by atoms with E-state index in [9.17, 15) is 9.18 Å². The van der Waals surface area contributed by atoms with Gasteiger partial charge in [0.2, 0.25) is 0 Å². The van der Waals surface area contributed by atoms with E-state index >= 15 is 0 Å². The molecular formula is C15H14FN3O. The fourth-order valence-corrected chi connectivity index (χ4v) is 2.29. The molecule has 4 nitrogen and oxygen atoms in total. The molecule has 102 valence electrons. The van der Waals surface area contributed by atoms with Gasteiger partial charge in [0.05, 0.1) is 11.9 Å². The molecule has 2 N–H and O–H groups in total. The van der Waals surface area contributed by atoms with Gasteiger partial charge in [0.1, 0.15) is 0 Å². The van der Waals surface area contributed by atoms with Crippen LogP contribution in [0.4, 0.5) is 15.8 Å². The Morgan fingerprint density at radius 2 is 2.25 bits per heavy atom. The number of hydrogen-bond acceptors (Lipinski definition) is 3. The van der Waals surface area contributed by atoms with Crippen LogP contribution in [0.25, 0.3) is 0 Å². The Balaban J connectivity index is 1.82. The standard InChI is InChI=1S/C15H14FN3O/c16-12-9-17-7-5-14(12)19-15(20)11-3-4-13-10(8-11)2-1-6-18-13/h3-5,7-9,18H,1-2,6H2,(H,17,19,20). The highest BCUT2D eigenvalue weighted by molar-refractivity contribution is 6.04. The number of carbonyl (C=O) groups is 1. The molecule has 20 heavy (non-hydrogen) atoms. The predicted molar refractivity (Wildman–Crippen MR) is 75.4 cm³/mol. The molecule has 0 aliphatic carbocycles. The summed E-state index contributed by atoms with van der Waals surface area (Å²) in [6, 6.07) is 6.93. The summed E-state index contributed by atoms with van der Waals surface area (Å²) in [4.78, 5) is 15.8. The molecule has 0 atom stereocenters. The first kappa shape index (κ1) is 12.6. The summed E-state index contributed by atoms with van der Waals surface area (Å²) in [5.74, 6) is -0.857. The van der Waals surface area contributed by atoms with Crippen molar-refractivity contribution in [2.75, 3.05) is 17.2 Å². The second-order valence-electron chi connectivity index (χ2n) is 4.71. The predicted octanol–water partition coefficient (Wildman–Crippen LogP) is 2.83. The maximum absolute atomic E-state index is 13.5. The van der Waals surface area contributed by atoms with Gasteiger partial charge in [-0.15, -0.1) is 0 Å². The molecule has 2 heterocycles. The van der Waals surface area contributed by atoms with Gasteiger partial charge in [-0.1, -0.05) is 0 Å². The van der Waals surface area contributed by atoms with Crippen LogP contribution < -0.4 is 10.6 Å². The Kier molecular flexibility index (Phi) is 3.33. The quantitative estimate of drug-likeness (QED) is 0.883. The van der Waals surface area contributed by atoms with Crippen molar-refractivity contribution in [2.45, 2.75) is 12.8 Å². The summed E-state index contributed by atoms with van der Waals surface area (Å²) >= 11 is 0. The highest BCUT2D eigenvalue weighted by atomic mass is 19.1. The number of nitrogens with one attached hydrogen (secondary N) is 2. The van der Waals surface area contributed by atoms with Gasteiger partial charge in [-0.25, -0.2) is 4.39 Å². The van der Waals surface area contributed by atoms with Gasteiger partial charge in [0.15, 0.2) is 5.82 Å². The van der Waals surface area contributed by atoms with Gasteiger partial charge < -0.3 is 10.6 Å². The molecular weight excluding hydrogens is 257 g/mol. The van der Waals surface area contributed by atoms with E-state index in [4.69, 9.17) is 0 Å². The summed E-state index contributed by atoms with van der Waals surface area (Å²) in [5.41, 5.74) is 2.87. The SMILES string of the molecule is O=C(Nc1ccncc1F)c1ccc2c(c1)CCCN2. The summed E-state index contributed by atoms with van der Waals surface area (Å²) in [6.45, 7) is 0.959. The number of benzene rings is 1. The summed E-state index contributed by atoms with van der Waals surface area (Å²) in [6.07, 6.45) is 4.52. The molecule has 1 aliphatic heterocycles. The third-order valence-corrected chi connectivity index (χ3v) is 3.33. The lowest BCUT2D eigenvalue weighted by Crippen LogP contribution is -2.16. The van der Waals surface area contributed by atoms with Crippen LogP contribution in [-0.4, -0.2) is 17.4 Å². The average molecular weight is 271 g/mol. The van der Waals surface area contributed by atoms with Crippen LogP contribution in [0.3, 0.4) is 0 Å². The molecule has 0 fully saturated rings.